The molecule has 86 valence electrons. The molecular weight excluding hydrogens is 202 g/mol. The predicted octanol–water partition coefficient (Wildman–Crippen LogP) is 0.701. The topological polar surface area (TPSA) is 85.7 Å². The highest BCUT2D eigenvalue weighted by Crippen LogP contribution is 2.13. The van der Waals surface area contributed by atoms with Crippen molar-refractivity contribution in [2.75, 3.05) is 40.3 Å². The van der Waals surface area contributed by atoms with E-state index in [-0.39, 0.29) is 18.9 Å². The van der Waals surface area contributed by atoms with Crippen LogP contribution in [0.25, 0.3) is 10.4 Å². The molecular formula is C8H15N3O4. The summed E-state index contributed by atoms with van der Waals surface area (Å²) in [5.74, 6) is 0. The van der Waals surface area contributed by atoms with Crippen molar-refractivity contribution in [3.63, 3.8) is 0 Å². The molecule has 1 aliphatic heterocycles. The molecule has 0 bridgehead atoms. The zero-order valence-corrected chi connectivity index (χ0v) is 8.66. The first-order valence-electron chi connectivity index (χ1n) is 4.68. The zero-order chi connectivity index (χ0) is 10.9. The smallest absolute Gasteiger partial charge is 0.147 e. The summed E-state index contributed by atoms with van der Waals surface area (Å²) in [4.78, 5) is 2.73. The van der Waals surface area contributed by atoms with Gasteiger partial charge in [0.25, 0.3) is 0 Å². The van der Waals surface area contributed by atoms with E-state index < -0.39 is 0 Å². The molecule has 1 heterocycles. The number of nitrogens with zero attached hydrogens (tertiary/aromatic N) is 3. The van der Waals surface area contributed by atoms with Crippen LogP contribution < -0.4 is 0 Å². The van der Waals surface area contributed by atoms with E-state index in [1.54, 1.807) is 7.11 Å². The second-order valence-electron chi connectivity index (χ2n) is 3.03. The lowest BCUT2D eigenvalue weighted by Gasteiger charge is -2.13. The van der Waals surface area contributed by atoms with Gasteiger partial charge in [-0.05, 0) is 5.53 Å². The summed E-state index contributed by atoms with van der Waals surface area (Å²) in [6.45, 7) is 2.03. The molecule has 1 saturated heterocycles. The van der Waals surface area contributed by atoms with Crippen molar-refractivity contribution >= 4 is 0 Å². The van der Waals surface area contributed by atoms with E-state index >= 15 is 0 Å². The molecule has 1 fully saturated rings. The van der Waals surface area contributed by atoms with Crippen molar-refractivity contribution in [2.24, 2.45) is 5.11 Å². The molecule has 0 amide bonds. The average Bonchev–Trinajstić information content (AvgIpc) is 2.66. The normalized spacial score (nSPS) is 25.1. The standard InChI is InChI=1S/C8H15N3O4/c1-12-2-3-13-6-15-8-5-14-4-7(8)10-11-9/h7-8H,2-6H2,1H3/t7-,8-/m1/s1. The molecule has 0 radical (unpaired) electrons. The van der Waals surface area contributed by atoms with Crippen LogP contribution in [0.2, 0.25) is 0 Å². The SMILES string of the molecule is COCCOCO[C@@H]1COC[C@H]1N=[N+]=[N-]. The number of azide groups is 1. The fourth-order valence-electron chi connectivity index (χ4n) is 1.19. The number of methoxy groups -OCH3 is 1. The Bertz CT molecular complexity index is 220. The maximum atomic E-state index is 8.29. The lowest BCUT2D eigenvalue weighted by molar-refractivity contribution is -0.0998. The van der Waals surface area contributed by atoms with Gasteiger partial charge in [-0.15, -0.1) is 0 Å². The summed E-state index contributed by atoms with van der Waals surface area (Å²) < 4.78 is 20.4. The quantitative estimate of drug-likeness (QED) is 0.206. The summed E-state index contributed by atoms with van der Waals surface area (Å²) in [5.41, 5.74) is 8.29. The highest BCUT2D eigenvalue weighted by Gasteiger charge is 2.27. The minimum atomic E-state index is -0.249. The van der Waals surface area contributed by atoms with Gasteiger partial charge in [0.05, 0.1) is 38.6 Å². The Balaban J connectivity index is 2.11. The molecule has 15 heavy (non-hydrogen) atoms. The molecule has 0 aliphatic carbocycles. The third-order valence-corrected chi connectivity index (χ3v) is 2.00. The summed E-state index contributed by atoms with van der Waals surface area (Å²) in [6, 6.07) is -0.249. The molecule has 0 aromatic rings. The fraction of sp³-hybridized carbons (Fsp3) is 1.00. The van der Waals surface area contributed by atoms with Crippen LogP contribution in [-0.2, 0) is 18.9 Å². The first-order chi connectivity index (χ1) is 7.38. The van der Waals surface area contributed by atoms with Crippen molar-refractivity contribution in [1.82, 2.24) is 0 Å². The Labute approximate surface area is 87.9 Å². The van der Waals surface area contributed by atoms with Crippen LogP contribution in [0.3, 0.4) is 0 Å². The van der Waals surface area contributed by atoms with Gasteiger partial charge in [0.2, 0.25) is 0 Å². The lowest BCUT2D eigenvalue weighted by Crippen LogP contribution is -2.26. The van der Waals surface area contributed by atoms with Crippen LogP contribution >= 0.6 is 0 Å². The minimum absolute atomic E-state index is 0.162. The number of rotatable bonds is 7. The lowest BCUT2D eigenvalue weighted by atomic mass is 10.2. The minimum Gasteiger partial charge on any atom is -0.382 e. The Morgan fingerprint density at radius 3 is 3.07 bits per heavy atom. The van der Waals surface area contributed by atoms with Gasteiger partial charge in [-0.1, -0.05) is 5.11 Å². The largest absolute Gasteiger partial charge is 0.382 e. The van der Waals surface area contributed by atoms with Crippen molar-refractivity contribution in [2.45, 2.75) is 12.1 Å². The van der Waals surface area contributed by atoms with Gasteiger partial charge < -0.3 is 18.9 Å². The molecule has 1 aliphatic rings. The molecule has 7 nitrogen and oxygen atoms in total. The Hall–Kier alpha value is -0.850. The van der Waals surface area contributed by atoms with Gasteiger partial charge in [-0.3, -0.25) is 0 Å². The van der Waals surface area contributed by atoms with E-state index in [4.69, 9.17) is 24.5 Å². The predicted molar refractivity (Wildman–Crippen MR) is 51.3 cm³/mol. The second-order valence-corrected chi connectivity index (χ2v) is 3.03. The van der Waals surface area contributed by atoms with Crippen molar-refractivity contribution in [3.05, 3.63) is 10.4 Å². The number of hydrogen-bond acceptors (Lipinski definition) is 5. The van der Waals surface area contributed by atoms with Gasteiger partial charge in [-0.25, -0.2) is 0 Å². The average molecular weight is 217 g/mol. The number of hydrogen-bond donors (Lipinski definition) is 0. The summed E-state index contributed by atoms with van der Waals surface area (Å²) in [7, 11) is 1.60. The van der Waals surface area contributed by atoms with E-state index in [2.05, 4.69) is 10.0 Å². The maximum Gasteiger partial charge on any atom is 0.147 e. The van der Waals surface area contributed by atoms with Crippen LogP contribution in [-0.4, -0.2) is 52.5 Å². The third-order valence-electron chi connectivity index (χ3n) is 2.00. The molecule has 0 N–H and O–H groups in total. The van der Waals surface area contributed by atoms with Gasteiger partial charge in [0.1, 0.15) is 6.79 Å². The monoisotopic (exact) mass is 217 g/mol. The first kappa shape index (κ1) is 12.2. The Kier molecular flexibility index (Phi) is 6.06. The van der Waals surface area contributed by atoms with Crippen molar-refractivity contribution in [3.8, 4) is 0 Å². The van der Waals surface area contributed by atoms with Crippen molar-refractivity contribution < 1.29 is 18.9 Å². The maximum absolute atomic E-state index is 8.29. The van der Waals surface area contributed by atoms with E-state index in [1.807, 2.05) is 0 Å². The number of ether oxygens (including phenoxy) is 4. The van der Waals surface area contributed by atoms with Crippen LogP contribution in [0.4, 0.5) is 0 Å². The van der Waals surface area contributed by atoms with Crippen LogP contribution in [0.5, 0.6) is 0 Å². The summed E-state index contributed by atoms with van der Waals surface area (Å²) in [5, 5.41) is 3.57. The molecule has 1 rings (SSSR count). The molecule has 7 heteroatoms. The Morgan fingerprint density at radius 1 is 1.47 bits per heavy atom. The van der Waals surface area contributed by atoms with E-state index in [0.717, 1.165) is 0 Å². The fourth-order valence-corrected chi connectivity index (χ4v) is 1.19. The summed E-state index contributed by atoms with van der Waals surface area (Å²) >= 11 is 0. The van der Waals surface area contributed by atoms with Crippen LogP contribution in [0, 0.1) is 0 Å². The highest BCUT2D eigenvalue weighted by molar-refractivity contribution is 4.82. The van der Waals surface area contributed by atoms with E-state index in [1.165, 1.54) is 0 Å². The molecule has 0 saturated carbocycles. The first-order valence-corrected chi connectivity index (χ1v) is 4.68. The van der Waals surface area contributed by atoms with Gasteiger partial charge >= 0.3 is 0 Å². The molecule has 0 spiro atoms. The van der Waals surface area contributed by atoms with E-state index in [9.17, 15) is 0 Å². The summed E-state index contributed by atoms with van der Waals surface area (Å²) in [6.07, 6.45) is -0.205. The van der Waals surface area contributed by atoms with Gasteiger partial charge in [-0.2, -0.15) is 0 Å². The van der Waals surface area contributed by atoms with Gasteiger partial charge in [0, 0.05) is 12.0 Å². The Morgan fingerprint density at radius 2 is 2.33 bits per heavy atom. The van der Waals surface area contributed by atoms with Crippen LogP contribution in [0.15, 0.2) is 5.11 Å². The zero-order valence-electron chi connectivity index (χ0n) is 8.66. The molecule has 0 aromatic carbocycles. The van der Waals surface area contributed by atoms with Crippen LogP contribution in [0.1, 0.15) is 0 Å². The second kappa shape index (κ2) is 7.44. The van der Waals surface area contributed by atoms with Gasteiger partial charge in [0.15, 0.2) is 0 Å². The molecule has 2 atom stereocenters. The van der Waals surface area contributed by atoms with Crippen molar-refractivity contribution in [1.29, 1.82) is 0 Å². The molecule has 0 unspecified atom stereocenters. The van der Waals surface area contributed by atoms with E-state index in [0.29, 0.717) is 26.4 Å². The highest BCUT2D eigenvalue weighted by atomic mass is 16.7. The third kappa shape index (κ3) is 4.46. The molecule has 0 aromatic heterocycles.